The van der Waals surface area contributed by atoms with Crippen LogP contribution in [0.1, 0.15) is 12.8 Å². The van der Waals surface area contributed by atoms with E-state index in [1.165, 1.54) is 0 Å². The highest BCUT2D eigenvalue weighted by molar-refractivity contribution is 4.70. The Bertz CT molecular complexity index is 80.4. The van der Waals surface area contributed by atoms with E-state index in [0.717, 1.165) is 13.0 Å². The molecule has 54 valence electrons. The van der Waals surface area contributed by atoms with Crippen molar-refractivity contribution in [2.75, 3.05) is 13.2 Å². The molecule has 3 nitrogen and oxygen atoms in total. The first kappa shape index (κ1) is 6.99. The second-order valence-electron chi connectivity index (χ2n) is 2.37. The van der Waals surface area contributed by atoms with E-state index in [0.29, 0.717) is 12.5 Å². The summed E-state index contributed by atoms with van der Waals surface area (Å²) in [5.74, 6) is 0. The van der Waals surface area contributed by atoms with Crippen molar-refractivity contribution in [1.82, 2.24) is 0 Å². The highest BCUT2D eigenvalue weighted by Crippen LogP contribution is 2.16. The Hall–Kier alpha value is -0.120. The lowest BCUT2D eigenvalue weighted by atomic mass is 10.2. The summed E-state index contributed by atoms with van der Waals surface area (Å²) >= 11 is 0. The van der Waals surface area contributed by atoms with Crippen molar-refractivity contribution in [3.63, 3.8) is 0 Å². The maximum atomic E-state index is 8.83. The predicted octanol–water partition coefficient (Wildman–Crippen LogP) is -0.481. The Labute approximate surface area is 54.3 Å². The molecule has 2 atom stereocenters. The van der Waals surface area contributed by atoms with E-state index in [9.17, 15) is 0 Å². The summed E-state index contributed by atoms with van der Waals surface area (Å²) in [4.78, 5) is 0. The van der Waals surface area contributed by atoms with Gasteiger partial charge < -0.3 is 14.9 Å². The molecule has 0 aromatic rings. The van der Waals surface area contributed by atoms with E-state index in [1.54, 1.807) is 0 Å². The molecule has 1 aliphatic heterocycles. The summed E-state index contributed by atoms with van der Waals surface area (Å²) in [6, 6.07) is 0. The van der Waals surface area contributed by atoms with Crippen LogP contribution >= 0.6 is 0 Å². The van der Waals surface area contributed by atoms with Gasteiger partial charge in [-0.2, -0.15) is 0 Å². The van der Waals surface area contributed by atoms with Gasteiger partial charge in [0.25, 0.3) is 0 Å². The molecule has 0 bridgehead atoms. The molecular weight excluding hydrogens is 120 g/mol. The maximum absolute atomic E-state index is 8.83. The van der Waals surface area contributed by atoms with E-state index in [-0.39, 0.29) is 6.61 Å². The molecule has 2 unspecified atom stereocenters. The summed E-state index contributed by atoms with van der Waals surface area (Å²) in [7, 11) is 0. The average Bonchev–Trinajstić information content (AvgIpc) is 2.65. The number of aliphatic hydroxyl groups excluding tert-OH is 2. The fourth-order valence-electron chi connectivity index (χ4n) is 0.704. The van der Waals surface area contributed by atoms with Crippen LogP contribution in [0.4, 0.5) is 0 Å². The zero-order valence-electron chi connectivity index (χ0n) is 5.29. The first-order valence-electron chi connectivity index (χ1n) is 3.23. The lowest BCUT2D eigenvalue weighted by Gasteiger charge is -2.02. The van der Waals surface area contributed by atoms with Crippen molar-refractivity contribution < 1.29 is 14.9 Å². The molecule has 1 heterocycles. The monoisotopic (exact) mass is 132 g/mol. The van der Waals surface area contributed by atoms with Gasteiger partial charge in [-0.05, 0) is 12.8 Å². The van der Waals surface area contributed by atoms with Crippen molar-refractivity contribution in [1.29, 1.82) is 0 Å². The van der Waals surface area contributed by atoms with E-state index < -0.39 is 6.10 Å². The van der Waals surface area contributed by atoms with Gasteiger partial charge in [0.1, 0.15) is 0 Å². The molecule has 0 saturated carbocycles. The third kappa shape index (κ3) is 2.79. The first-order chi connectivity index (χ1) is 4.33. The Kier molecular flexibility index (Phi) is 2.45. The van der Waals surface area contributed by atoms with E-state index >= 15 is 0 Å². The topological polar surface area (TPSA) is 53.0 Å². The second-order valence-corrected chi connectivity index (χ2v) is 2.37. The van der Waals surface area contributed by atoms with Gasteiger partial charge in [0.05, 0.1) is 25.4 Å². The van der Waals surface area contributed by atoms with Crippen LogP contribution in [0.2, 0.25) is 0 Å². The third-order valence-electron chi connectivity index (χ3n) is 1.43. The maximum Gasteiger partial charge on any atom is 0.0810 e. The van der Waals surface area contributed by atoms with Gasteiger partial charge in [-0.1, -0.05) is 0 Å². The molecule has 0 aromatic heterocycles. The van der Waals surface area contributed by atoms with E-state index in [1.807, 2.05) is 0 Å². The minimum absolute atomic E-state index is 0.132. The minimum Gasteiger partial charge on any atom is -0.394 e. The zero-order chi connectivity index (χ0) is 6.69. The zero-order valence-corrected chi connectivity index (χ0v) is 5.29. The molecule has 1 fully saturated rings. The summed E-state index contributed by atoms with van der Waals surface area (Å²) in [5, 5.41) is 17.2. The van der Waals surface area contributed by atoms with Crippen molar-refractivity contribution in [3.05, 3.63) is 0 Å². The standard InChI is InChI=1S/C6H12O3/c7-3-5(8)1-2-6-4-9-6/h5-8H,1-4H2. The number of rotatable bonds is 4. The molecule has 1 aliphatic rings. The number of epoxide rings is 1. The van der Waals surface area contributed by atoms with Crippen LogP contribution in [-0.4, -0.2) is 35.6 Å². The molecule has 9 heavy (non-hydrogen) atoms. The largest absolute Gasteiger partial charge is 0.394 e. The quantitative estimate of drug-likeness (QED) is 0.508. The molecule has 1 rings (SSSR count). The van der Waals surface area contributed by atoms with Crippen molar-refractivity contribution in [2.45, 2.75) is 25.0 Å². The van der Waals surface area contributed by atoms with Gasteiger partial charge >= 0.3 is 0 Å². The molecule has 3 heteroatoms. The Morgan fingerprint density at radius 3 is 2.78 bits per heavy atom. The number of hydrogen-bond acceptors (Lipinski definition) is 3. The van der Waals surface area contributed by atoms with Gasteiger partial charge in [0.15, 0.2) is 0 Å². The van der Waals surface area contributed by atoms with Crippen LogP contribution in [0, 0.1) is 0 Å². The van der Waals surface area contributed by atoms with Crippen LogP contribution in [0.3, 0.4) is 0 Å². The molecule has 2 N–H and O–H groups in total. The molecule has 0 radical (unpaired) electrons. The molecular formula is C6H12O3. The van der Waals surface area contributed by atoms with Crippen LogP contribution in [0.5, 0.6) is 0 Å². The molecule has 0 amide bonds. The Morgan fingerprint density at radius 2 is 2.33 bits per heavy atom. The van der Waals surface area contributed by atoms with Crippen molar-refractivity contribution >= 4 is 0 Å². The Balaban J connectivity index is 1.90. The van der Waals surface area contributed by atoms with E-state index in [2.05, 4.69) is 0 Å². The molecule has 0 spiro atoms. The van der Waals surface area contributed by atoms with Crippen molar-refractivity contribution in [3.8, 4) is 0 Å². The van der Waals surface area contributed by atoms with Gasteiger partial charge in [-0.25, -0.2) is 0 Å². The molecule has 0 aromatic carbocycles. The SMILES string of the molecule is OCC(O)CCC1CO1. The summed E-state index contributed by atoms with van der Waals surface area (Å²) in [6.07, 6.45) is 1.35. The van der Waals surface area contributed by atoms with Crippen LogP contribution in [-0.2, 0) is 4.74 Å². The smallest absolute Gasteiger partial charge is 0.0810 e. The fraction of sp³-hybridized carbons (Fsp3) is 1.00. The second kappa shape index (κ2) is 3.15. The van der Waals surface area contributed by atoms with Crippen LogP contribution < -0.4 is 0 Å². The normalized spacial score (nSPS) is 28.0. The van der Waals surface area contributed by atoms with Crippen LogP contribution in [0.15, 0.2) is 0 Å². The van der Waals surface area contributed by atoms with Gasteiger partial charge in [0.2, 0.25) is 0 Å². The van der Waals surface area contributed by atoms with Crippen LogP contribution in [0.25, 0.3) is 0 Å². The number of ether oxygens (including phenoxy) is 1. The fourth-order valence-corrected chi connectivity index (χ4v) is 0.704. The summed E-state index contributed by atoms with van der Waals surface area (Å²) in [5.41, 5.74) is 0. The van der Waals surface area contributed by atoms with E-state index in [4.69, 9.17) is 14.9 Å². The minimum atomic E-state index is -0.547. The summed E-state index contributed by atoms with van der Waals surface area (Å²) < 4.78 is 4.91. The summed E-state index contributed by atoms with van der Waals surface area (Å²) in [6.45, 7) is 0.699. The number of hydrogen-bond donors (Lipinski definition) is 2. The van der Waals surface area contributed by atoms with Gasteiger partial charge in [0, 0.05) is 0 Å². The van der Waals surface area contributed by atoms with Gasteiger partial charge in [-0.3, -0.25) is 0 Å². The Morgan fingerprint density at radius 1 is 1.67 bits per heavy atom. The highest BCUT2D eigenvalue weighted by Gasteiger charge is 2.22. The lowest BCUT2D eigenvalue weighted by molar-refractivity contribution is 0.0846. The molecule has 0 aliphatic carbocycles. The van der Waals surface area contributed by atoms with Gasteiger partial charge in [-0.15, -0.1) is 0 Å². The first-order valence-corrected chi connectivity index (χ1v) is 3.23. The average molecular weight is 132 g/mol. The van der Waals surface area contributed by atoms with Crippen molar-refractivity contribution in [2.24, 2.45) is 0 Å². The highest BCUT2D eigenvalue weighted by atomic mass is 16.6. The third-order valence-corrected chi connectivity index (χ3v) is 1.43. The molecule has 1 saturated heterocycles. The predicted molar refractivity (Wildman–Crippen MR) is 32.1 cm³/mol. The number of aliphatic hydroxyl groups is 2. The lowest BCUT2D eigenvalue weighted by Crippen LogP contribution is -2.12.